The fraction of sp³-hybridized carbons (Fsp3) is 0.875. The van der Waals surface area contributed by atoms with E-state index >= 15 is 0 Å². The lowest BCUT2D eigenvalue weighted by molar-refractivity contribution is -0.141. The number of hydrogen-bond donors (Lipinski definition) is 2. The van der Waals surface area contributed by atoms with Crippen LogP contribution in [0.15, 0.2) is 0 Å². The quantitative estimate of drug-likeness (QED) is 0.508. The van der Waals surface area contributed by atoms with Crippen LogP contribution < -0.4 is 6.15 Å². The second-order valence-electron chi connectivity index (χ2n) is 2.01. The average Bonchev–Trinajstić information content (AvgIpc) is 1.89. The van der Waals surface area contributed by atoms with Crippen LogP contribution in [0.5, 0.6) is 0 Å². The number of aliphatic hydroxyl groups is 1. The summed E-state index contributed by atoms with van der Waals surface area (Å²) < 4.78 is 4.64. The summed E-state index contributed by atoms with van der Waals surface area (Å²) in [5, 5.41) is 7.57. The van der Waals surface area contributed by atoms with Crippen molar-refractivity contribution in [3.05, 3.63) is 0 Å². The molecule has 4 nitrogen and oxygen atoms in total. The highest BCUT2D eigenvalue weighted by molar-refractivity contribution is 5.65. The van der Waals surface area contributed by atoms with Crippen LogP contribution in [0.4, 0.5) is 0 Å². The Hall–Kier alpha value is -0.610. The Kier molecular flexibility index (Phi) is 24.4. The van der Waals surface area contributed by atoms with Gasteiger partial charge in [-0.1, -0.05) is 13.3 Å². The number of aliphatic hydroxyl groups excluding tert-OH is 1. The predicted octanol–water partition coefficient (Wildman–Crippen LogP) is 1.51. The number of carbonyl (C=O) groups excluding carboxylic acids is 1. The van der Waals surface area contributed by atoms with Crippen molar-refractivity contribution in [1.29, 1.82) is 0 Å². The van der Waals surface area contributed by atoms with Crippen LogP contribution in [0.25, 0.3) is 0 Å². The number of hydrogen-bond acceptors (Lipinski definition) is 4. The van der Waals surface area contributed by atoms with E-state index in [1.807, 2.05) is 0 Å². The zero-order valence-corrected chi connectivity index (χ0v) is 8.30. The molecule has 0 aromatic rings. The van der Waals surface area contributed by atoms with Crippen LogP contribution in [0.2, 0.25) is 0 Å². The first-order valence-corrected chi connectivity index (χ1v) is 3.93. The van der Waals surface area contributed by atoms with Gasteiger partial charge in [-0.2, -0.15) is 0 Å². The maximum Gasteiger partial charge on any atom is 0.302 e. The van der Waals surface area contributed by atoms with Crippen molar-refractivity contribution in [3.63, 3.8) is 0 Å². The maximum absolute atomic E-state index is 10.1. The van der Waals surface area contributed by atoms with E-state index in [9.17, 15) is 4.79 Å². The number of rotatable bonds is 3. The first-order chi connectivity index (χ1) is 5.18. The lowest BCUT2D eigenvalue weighted by Gasteiger charge is -1.96. The molecule has 0 saturated heterocycles. The highest BCUT2D eigenvalue weighted by Gasteiger charge is 1.88. The summed E-state index contributed by atoms with van der Waals surface area (Å²) in [5.41, 5.74) is 0. The largest absolute Gasteiger partial charge is 0.466 e. The molecule has 0 aromatic carbocycles. The number of carbonyl (C=O) groups is 1. The molecule has 0 spiro atoms. The summed E-state index contributed by atoms with van der Waals surface area (Å²) >= 11 is 0. The van der Waals surface area contributed by atoms with Crippen molar-refractivity contribution >= 4 is 5.97 Å². The molecule has 0 atom stereocenters. The highest BCUT2D eigenvalue weighted by atomic mass is 16.5. The first kappa shape index (κ1) is 17.5. The van der Waals surface area contributed by atoms with Crippen molar-refractivity contribution in [2.45, 2.75) is 33.6 Å². The molecule has 0 rings (SSSR count). The Balaban J connectivity index is -0.000000177. The van der Waals surface area contributed by atoms with Crippen LogP contribution in [0.1, 0.15) is 33.6 Å². The monoisotopic (exact) mass is 179 g/mol. The second kappa shape index (κ2) is 16.8. The minimum absolute atomic E-state index is 0. The SMILES string of the molecule is CCCCOC(C)=O.CCO.N. The summed E-state index contributed by atoms with van der Waals surface area (Å²) in [4.78, 5) is 10.1. The normalized spacial score (nSPS) is 7.33. The maximum atomic E-state index is 10.1. The van der Waals surface area contributed by atoms with Crippen molar-refractivity contribution in [1.82, 2.24) is 6.15 Å². The molecule has 0 aliphatic heterocycles. The predicted molar refractivity (Wildman–Crippen MR) is 49.3 cm³/mol. The molecule has 0 fully saturated rings. The van der Waals surface area contributed by atoms with Crippen LogP contribution >= 0.6 is 0 Å². The van der Waals surface area contributed by atoms with Crippen LogP contribution in [0, 0.1) is 0 Å². The molecule has 76 valence electrons. The molecule has 0 aromatic heterocycles. The molecule has 0 aliphatic rings. The van der Waals surface area contributed by atoms with Crippen LogP contribution in [-0.4, -0.2) is 24.3 Å². The summed E-state index contributed by atoms with van der Waals surface area (Å²) in [6, 6.07) is 0. The molecular weight excluding hydrogens is 158 g/mol. The van der Waals surface area contributed by atoms with Gasteiger partial charge in [0.25, 0.3) is 0 Å². The molecule has 4 N–H and O–H groups in total. The summed E-state index contributed by atoms with van der Waals surface area (Å²) in [7, 11) is 0. The van der Waals surface area contributed by atoms with Gasteiger partial charge in [-0.15, -0.1) is 0 Å². The molecule has 0 unspecified atom stereocenters. The van der Waals surface area contributed by atoms with Gasteiger partial charge in [0, 0.05) is 13.5 Å². The van der Waals surface area contributed by atoms with Crippen molar-refractivity contribution < 1.29 is 14.6 Å². The zero-order valence-electron chi connectivity index (χ0n) is 8.30. The van der Waals surface area contributed by atoms with Gasteiger partial charge in [0.1, 0.15) is 0 Å². The number of unbranched alkanes of at least 4 members (excludes halogenated alkanes) is 1. The second-order valence-corrected chi connectivity index (χ2v) is 2.01. The van der Waals surface area contributed by atoms with Gasteiger partial charge < -0.3 is 16.0 Å². The van der Waals surface area contributed by atoms with Crippen molar-refractivity contribution in [2.75, 3.05) is 13.2 Å². The average molecular weight is 179 g/mol. The Morgan fingerprint density at radius 2 is 1.83 bits per heavy atom. The minimum Gasteiger partial charge on any atom is -0.466 e. The topological polar surface area (TPSA) is 81.5 Å². The fourth-order valence-corrected chi connectivity index (χ4v) is 0.360. The summed E-state index contributed by atoms with van der Waals surface area (Å²) in [6.07, 6.45) is 2.05. The van der Waals surface area contributed by atoms with E-state index in [0.717, 1.165) is 12.8 Å². The Labute approximate surface area is 74.5 Å². The zero-order chi connectivity index (χ0) is 9.11. The van der Waals surface area contributed by atoms with Gasteiger partial charge in [-0.25, -0.2) is 0 Å². The standard InChI is InChI=1S/C6H12O2.C2H6O.H3N/c1-3-4-5-8-6(2)7;1-2-3;/h3-5H2,1-2H3;3H,2H2,1H3;1H3. The highest BCUT2D eigenvalue weighted by Crippen LogP contribution is 1.86. The van der Waals surface area contributed by atoms with Crippen molar-refractivity contribution in [2.24, 2.45) is 0 Å². The van der Waals surface area contributed by atoms with Gasteiger partial charge in [-0.05, 0) is 13.3 Å². The molecule has 0 heterocycles. The number of esters is 1. The third-order valence-electron chi connectivity index (χ3n) is 0.803. The third-order valence-corrected chi connectivity index (χ3v) is 0.803. The van der Waals surface area contributed by atoms with Crippen molar-refractivity contribution in [3.8, 4) is 0 Å². The van der Waals surface area contributed by atoms with E-state index in [2.05, 4.69) is 11.7 Å². The fourth-order valence-electron chi connectivity index (χ4n) is 0.360. The van der Waals surface area contributed by atoms with E-state index in [1.165, 1.54) is 6.92 Å². The third kappa shape index (κ3) is 34.3. The molecule has 0 radical (unpaired) electrons. The van der Waals surface area contributed by atoms with Crippen LogP contribution in [0.3, 0.4) is 0 Å². The van der Waals surface area contributed by atoms with Gasteiger partial charge in [0.2, 0.25) is 0 Å². The lowest BCUT2D eigenvalue weighted by Crippen LogP contribution is -1.99. The van der Waals surface area contributed by atoms with E-state index in [1.54, 1.807) is 6.92 Å². The van der Waals surface area contributed by atoms with Gasteiger partial charge in [-0.3, -0.25) is 4.79 Å². The van der Waals surface area contributed by atoms with Gasteiger partial charge >= 0.3 is 5.97 Å². The first-order valence-electron chi connectivity index (χ1n) is 3.93. The Morgan fingerprint density at radius 3 is 2.08 bits per heavy atom. The van der Waals surface area contributed by atoms with E-state index in [-0.39, 0.29) is 18.7 Å². The molecule has 0 bridgehead atoms. The van der Waals surface area contributed by atoms with E-state index in [0.29, 0.717) is 6.61 Å². The molecule has 12 heavy (non-hydrogen) atoms. The lowest BCUT2D eigenvalue weighted by atomic mass is 10.4. The van der Waals surface area contributed by atoms with Crippen LogP contribution in [-0.2, 0) is 9.53 Å². The smallest absolute Gasteiger partial charge is 0.302 e. The van der Waals surface area contributed by atoms with Gasteiger partial charge in [0.15, 0.2) is 0 Å². The summed E-state index contributed by atoms with van der Waals surface area (Å²) in [6.45, 7) is 5.99. The molecular formula is C8H21NO3. The Bertz CT molecular complexity index is 86.4. The minimum atomic E-state index is -0.182. The molecule has 4 heteroatoms. The molecule has 0 amide bonds. The van der Waals surface area contributed by atoms with E-state index in [4.69, 9.17) is 5.11 Å². The Morgan fingerprint density at radius 1 is 1.42 bits per heavy atom. The molecule has 0 aliphatic carbocycles. The molecule has 0 saturated carbocycles. The summed E-state index contributed by atoms with van der Waals surface area (Å²) in [5.74, 6) is -0.182. The van der Waals surface area contributed by atoms with E-state index < -0.39 is 0 Å². The van der Waals surface area contributed by atoms with Gasteiger partial charge in [0.05, 0.1) is 6.61 Å². The number of ether oxygens (including phenoxy) is 1.